The average Bonchev–Trinajstić information content (AvgIpc) is 3.44. The Balaban J connectivity index is 0.00000225. The van der Waals surface area contributed by atoms with Crippen molar-refractivity contribution in [2.45, 2.75) is 18.9 Å². The summed E-state index contributed by atoms with van der Waals surface area (Å²) < 4.78 is 7.33. The van der Waals surface area contributed by atoms with Crippen LogP contribution in [-0.2, 0) is 13.6 Å². The SMILES string of the molecule is CN=C(NCc1cc(-c2ccccc2)on1)N1CCC(c2cnn(C)c2)C1.I. The van der Waals surface area contributed by atoms with Gasteiger partial charge in [-0.2, -0.15) is 5.10 Å². The van der Waals surface area contributed by atoms with Crippen LogP contribution in [0.2, 0.25) is 0 Å². The van der Waals surface area contributed by atoms with Gasteiger partial charge < -0.3 is 14.7 Å². The fourth-order valence-electron chi connectivity index (χ4n) is 3.51. The van der Waals surface area contributed by atoms with E-state index in [1.54, 1.807) is 0 Å². The van der Waals surface area contributed by atoms with Crippen molar-refractivity contribution in [1.82, 2.24) is 25.2 Å². The normalized spacial score (nSPS) is 16.9. The fraction of sp³-hybridized carbons (Fsp3) is 0.350. The number of hydrogen-bond donors (Lipinski definition) is 1. The molecule has 0 radical (unpaired) electrons. The molecule has 1 unspecified atom stereocenters. The zero-order valence-electron chi connectivity index (χ0n) is 16.1. The monoisotopic (exact) mass is 492 g/mol. The molecule has 0 spiro atoms. The molecule has 3 heterocycles. The summed E-state index contributed by atoms with van der Waals surface area (Å²) in [7, 11) is 3.77. The molecular weight excluding hydrogens is 467 g/mol. The summed E-state index contributed by atoms with van der Waals surface area (Å²) in [5.74, 6) is 2.17. The van der Waals surface area contributed by atoms with Gasteiger partial charge in [-0.05, 0) is 12.0 Å². The standard InChI is InChI=1S/C20H24N6O.HI/c1-21-20(26-9-8-16(14-26)17-11-23-25(2)13-17)22-12-18-10-19(27-24-18)15-6-4-3-5-7-15;/h3-7,10-11,13,16H,8-9,12,14H2,1-2H3,(H,21,22);1H. The molecule has 1 fully saturated rings. The maximum Gasteiger partial charge on any atom is 0.193 e. The van der Waals surface area contributed by atoms with Gasteiger partial charge in [0, 0.05) is 50.9 Å². The van der Waals surface area contributed by atoms with Crippen molar-refractivity contribution in [1.29, 1.82) is 0 Å². The van der Waals surface area contributed by atoms with E-state index in [0.717, 1.165) is 42.5 Å². The van der Waals surface area contributed by atoms with E-state index < -0.39 is 0 Å². The Kier molecular flexibility index (Phi) is 6.71. The van der Waals surface area contributed by atoms with Crippen molar-refractivity contribution in [2.75, 3.05) is 20.1 Å². The molecule has 8 heteroatoms. The Morgan fingerprint density at radius 3 is 2.86 bits per heavy atom. The minimum Gasteiger partial charge on any atom is -0.356 e. The molecule has 0 aliphatic carbocycles. The van der Waals surface area contributed by atoms with Crippen LogP contribution >= 0.6 is 24.0 Å². The van der Waals surface area contributed by atoms with Gasteiger partial charge in [-0.25, -0.2) is 0 Å². The highest BCUT2D eigenvalue weighted by atomic mass is 127. The molecule has 1 aliphatic heterocycles. The zero-order valence-corrected chi connectivity index (χ0v) is 18.4. The Bertz CT molecular complexity index is 920. The summed E-state index contributed by atoms with van der Waals surface area (Å²) >= 11 is 0. The number of rotatable bonds is 4. The van der Waals surface area contributed by atoms with E-state index in [2.05, 4.69) is 31.7 Å². The first kappa shape index (κ1) is 20.4. The lowest BCUT2D eigenvalue weighted by molar-refractivity contribution is 0.420. The van der Waals surface area contributed by atoms with Gasteiger partial charge in [0.2, 0.25) is 0 Å². The van der Waals surface area contributed by atoms with Crippen LogP contribution in [0.5, 0.6) is 0 Å². The van der Waals surface area contributed by atoms with Crippen LogP contribution in [-0.4, -0.2) is 45.9 Å². The van der Waals surface area contributed by atoms with Crippen molar-refractivity contribution in [2.24, 2.45) is 12.0 Å². The molecule has 1 saturated heterocycles. The lowest BCUT2D eigenvalue weighted by atomic mass is 10.0. The molecule has 0 saturated carbocycles. The van der Waals surface area contributed by atoms with Gasteiger partial charge in [-0.1, -0.05) is 35.5 Å². The molecule has 0 amide bonds. The first-order valence-corrected chi connectivity index (χ1v) is 9.18. The third-order valence-corrected chi connectivity index (χ3v) is 4.94. The number of aryl methyl sites for hydroxylation is 1. The third-order valence-electron chi connectivity index (χ3n) is 4.94. The van der Waals surface area contributed by atoms with E-state index in [4.69, 9.17) is 4.52 Å². The number of aliphatic imine (C=N–C) groups is 1. The van der Waals surface area contributed by atoms with Crippen molar-refractivity contribution in [3.05, 3.63) is 60.0 Å². The van der Waals surface area contributed by atoms with Gasteiger partial charge >= 0.3 is 0 Å². The van der Waals surface area contributed by atoms with Gasteiger partial charge in [0.25, 0.3) is 0 Å². The van der Waals surface area contributed by atoms with E-state index in [1.807, 2.05) is 61.4 Å². The molecule has 0 bridgehead atoms. The summed E-state index contributed by atoms with van der Waals surface area (Å²) in [4.78, 5) is 6.72. The second kappa shape index (κ2) is 9.22. The third kappa shape index (κ3) is 4.54. The molecule has 1 N–H and O–H groups in total. The van der Waals surface area contributed by atoms with Crippen LogP contribution in [0.25, 0.3) is 11.3 Å². The van der Waals surface area contributed by atoms with Crippen molar-refractivity contribution >= 4 is 29.9 Å². The van der Waals surface area contributed by atoms with Crippen molar-refractivity contribution in [3.63, 3.8) is 0 Å². The zero-order chi connectivity index (χ0) is 18.6. The Labute approximate surface area is 181 Å². The van der Waals surface area contributed by atoms with Crippen molar-refractivity contribution in [3.8, 4) is 11.3 Å². The minimum absolute atomic E-state index is 0. The highest BCUT2D eigenvalue weighted by molar-refractivity contribution is 14.0. The second-order valence-corrected chi connectivity index (χ2v) is 6.83. The Hall–Kier alpha value is -2.36. The molecule has 7 nitrogen and oxygen atoms in total. The van der Waals surface area contributed by atoms with Crippen LogP contribution in [0.15, 0.2) is 58.3 Å². The molecule has 1 atom stereocenters. The van der Waals surface area contributed by atoms with Crippen LogP contribution < -0.4 is 5.32 Å². The molecular formula is C20H25IN6O. The number of guanidine groups is 1. The second-order valence-electron chi connectivity index (χ2n) is 6.83. The lowest BCUT2D eigenvalue weighted by Crippen LogP contribution is -2.39. The fourth-order valence-corrected chi connectivity index (χ4v) is 3.51. The maximum absolute atomic E-state index is 5.47. The number of hydrogen-bond acceptors (Lipinski definition) is 4. The number of benzene rings is 1. The summed E-state index contributed by atoms with van der Waals surface area (Å²) in [6, 6.07) is 12.0. The van der Waals surface area contributed by atoms with E-state index in [9.17, 15) is 0 Å². The molecule has 1 aliphatic rings. The minimum atomic E-state index is 0. The summed E-state index contributed by atoms with van der Waals surface area (Å²) in [5, 5.41) is 11.9. The van der Waals surface area contributed by atoms with E-state index >= 15 is 0 Å². The summed E-state index contributed by atoms with van der Waals surface area (Å²) in [6.07, 6.45) is 5.17. The van der Waals surface area contributed by atoms with Crippen LogP contribution in [0.3, 0.4) is 0 Å². The first-order chi connectivity index (χ1) is 13.2. The van der Waals surface area contributed by atoms with E-state index in [0.29, 0.717) is 12.5 Å². The van der Waals surface area contributed by atoms with Crippen LogP contribution in [0, 0.1) is 0 Å². The van der Waals surface area contributed by atoms with Crippen LogP contribution in [0.1, 0.15) is 23.6 Å². The maximum atomic E-state index is 5.47. The smallest absolute Gasteiger partial charge is 0.193 e. The van der Waals surface area contributed by atoms with Gasteiger partial charge in [0.15, 0.2) is 11.7 Å². The highest BCUT2D eigenvalue weighted by Crippen LogP contribution is 2.26. The Morgan fingerprint density at radius 2 is 2.14 bits per heavy atom. The lowest BCUT2D eigenvalue weighted by Gasteiger charge is -2.21. The molecule has 4 rings (SSSR count). The predicted octanol–water partition coefficient (Wildman–Crippen LogP) is 3.26. The largest absolute Gasteiger partial charge is 0.356 e. The predicted molar refractivity (Wildman–Crippen MR) is 120 cm³/mol. The quantitative estimate of drug-likeness (QED) is 0.344. The van der Waals surface area contributed by atoms with Crippen LogP contribution in [0.4, 0.5) is 0 Å². The number of aromatic nitrogens is 3. The molecule has 28 heavy (non-hydrogen) atoms. The van der Waals surface area contributed by atoms with Gasteiger partial charge in [0.05, 0.1) is 12.7 Å². The first-order valence-electron chi connectivity index (χ1n) is 9.18. The number of halogens is 1. The van der Waals surface area contributed by atoms with E-state index in [-0.39, 0.29) is 24.0 Å². The number of likely N-dealkylation sites (tertiary alicyclic amines) is 1. The number of nitrogens with zero attached hydrogens (tertiary/aromatic N) is 5. The highest BCUT2D eigenvalue weighted by Gasteiger charge is 2.27. The van der Waals surface area contributed by atoms with E-state index in [1.165, 1.54) is 5.56 Å². The van der Waals surface area contributed by atoms with Gasteiger partial charge in [-0.3, -0.25) is 9.67 Å². The molecule has 3 aromatic rings. The van der Waals surface area contributed by atoms with Gasteiger partial charge in [-0.15, -0.1) is 24.0 Å². The summed E-state index contributed by atoms with van der Waals surface area (Å²) in [6.45, 7) is 2.50. The topological polar surface area (TPSA) is 71.5 Å². The molecule has 148 valence electrons. The van der Waals surface area contributed by atoms with Gasteiger partial charge in [0.1, 0.15) is 5.69 Å². The average molecular weight is 492 g/mol. The number of nitrogens with one attached hydrogen (secondary N) is 1. The molecule has 1 aromatic carbocycles. The Morgan fingerprint density at radius 1 is 1.32 bits per heavy atom. The molecule has 2 aromatic heterocycles. The van der Waals surface area contributed by atoms with Crippen molar-refractivity contribution < 1.29 is 4.52 Å². The summed E-state index contributed by atoms with van der Waals surface area (Å²) in [5.41, 5.74) is 3.18.